The van der Waals surface area contributed by atoms with Crippen LogP contribution in [0.5, 0.6) is 0 Å². The van der Waals surface area contributed by atoms with Crippen LogP contribution in [-0.2, 0) is 16.2 Å². The fourth-order valence-electron chi connectivity index (χ4n) is 2.20. The minimum Gasteiger partial charge on any atom is -0.391 e. The van der Waals surface area contributed by atoms with Crippen molar-refractivity contribution in [3.8, 4) is 0 Å². The third kappa shape index (κ3) is 3.88. The van der Waals surface area contributed by atoms with E-state index in [-0.39, 0.29) is 6.61 Å². The minimum absolute atomic E-state index is 0.226. The van der Waals surface area contributed by atoms with E-state index in [9.17, 15) is 4.79 Å². The molecule has 0 saturated carbocycles. The molecule has 1 heterocycles. The summed E-state index contributed by atoms with van der Waals surface area (Å²) in [6.45, 7) is 0.226. The summed E-state index contributed by atoms with van der Waals surface area (Å²) in [5.41, 5.74) is 2.28. The second-order valence-corrected chi connectivity index (χ2v) is 5.38. The largest absolute Gasteiger partial charge is 0.391 e. The average Bonchev–Trinajstić information content (AvgIpc) is 2.61. The van der Waals surface area contributed by atoms with Crippen molar-refractivity contribution in [2.45, 2.75) is 6.61 Å². The lowest BCUT2D eigenvalue weighted by molar-refractivity contribution is -0.110. The highest BCUT2D eigenvalue weighted by atomic mass is 35.5. The molecule has 1 N–H and O–H groups in total. The number of para-hydroxylation sites is 2. The van der Waals surface area contributed by atoms with E-state index in [4.69, 9.17) is 16.4 Å². The molecule has 3 rings (SSSR count). The van der Waals surface area contributed by atoms with E-state index in [1.54, 1.807) is 30.5 Å². The van der Waals surface area contributed by atoms with E-state index >= 15 is 0 Å². The first kappa shape index (κ1) is 16.0. The Balaban J connectivity index is 1.58. The lowest BCUT2D eigenvalue weighted by Gasteiger charge is -2.05. The zero-order valence-corrected chi connectivity index (χ0v) is 13.4. The van der Waals surface area contributed by atoms with Gasteiger partial charge in [-0.25, -0.2) is 0 Å². The number of hydrogen-bond acceptors (Lipinski definition) is 4. The number of nitrogens with zero attached hydrogens (tertiary/aromatic N) is 2. The molecule has 0 spiro atoms. The van der Waals surface area contributed by atoms with Crippen molar-refractivity contribution in [2.24, 2.45) is 5.16 Å². The molecule has 6 heteroatoms. The number of anilines is 1. The molecule has 0 radical (unpaired) electrons. The number of carbonyl (C=O) groups excluding carboxylic acids is 1. The maximum absolute atomic E-state index is 11.8. The highest BCUT2D eigenvalue weighted by Crippen LogP contribution is 2.20. The van der Waals surface area contributed by atoms with E-state index in [2.05, 4.69) is 15.5 Å². The van der Waals surface area contributed by atoms with Crippen LogP contribution in [0.1, 0.15) is 5.56 Å². The van der Waals surface area contributed by atoms with Gasteiger partial charge in [-0.2, -0.15) is 0 Å². The van der Waals surface area contributed by atoms with Gasteiger partial charge in [0.25, 0.3) is 5.91 Å². The van der Waals surface area contributed by atoms with Crippen molar-refractivity contribution in [3.63, 3.8) is 0 Å². The molecule has 0 unspecified atom stereocenters. The molecule has 0 aliphatic carbocycles. The quantitative estimate of drug-likeness (QED) is 0.564. The number of hydrogen-bond donors (Lipinski definition) is 1. The zero-order valence-electron chi connectivity index (χ0n) is 12.6. The molecule has 2 aromatic carbocycles. The second kappa shape index (κ2) is 7.57. The van der Waals surface area contributed by atoms with Gasteiger partial charge in [0, 0.05) is 17.1 Å². The lowest BCUT2D eigenvalue weighted by Crippen LogP contribution is -2.13. The number of amides is 1. The number of nitrogens with one attached hydrogen (secondary N) is 1. The summed E-state index contributed by atoms with van der Waals surface area (Å²) < 4.78 is 0. The lowest BCUT2D eigenvalue weighted by atomic mass is 10.1. The average molecular weight is 340 g/mol. The van der Waals surface area contributed by atoms with Gasteiger partial charge in [0.2, 0.25) is 0 Å². The zero-order chi connectivity index (χ0) is 16.8. The smallest absolute Gasteiger partial charge is 0.270 e. The second-order valence-electron chi connectivity index (χ2n) is 4.97. The molecule has 0 aliphatic heterocycles. The van der Waals surface area contributed by atoms with Crippen LogP contribution in [0.2, 0.25) is 5.02 Å². The van der Waals surface area contributed by atoms with Gasteiger partial charge in [-0.3, -0.25) is 9.78 Å². The van der Waals surface area contributed by atoms with Gasteiger partial charge in [0.15, 0.2) is 0 Å². The fourth-order valence-corrected chi connectivity index (χ4v) is 2.39. The van der Waals surface area contributed by atoms with E-state index in [0.29, 0.717) is 10.7 Å². The number of halogens is 1. The van der Waals surface area contributed by atoms with Crippen molar-refractivity contribution < 1.29 is 9.63 Å². The van der Waals surface area contributed by atoms with Crippen LogP contribution in [0.15, 0.2) is 65.9 Å². The highest BCUT2D eigenvalue weighted by Gasteiger charge is 2.04. The SMILES string of the molecule is O=C(/C=N/OCc1cccc2cccnc12)Nc1ccccc1Cl. The predicted molar refractivity (Wildman–Crippen MR) is 95.1 cm³/mol. The van der Waals surface area contributed by atoms with Crippen molar-refractivity contribution in [2.75, 3.05) is 5.32 Å². The Labute approximate surface area is 143 Å². The molecule has 0 atom stereocenters. The van der Waals surface area contributed by atoms with Crippen molar-refractivity contribution >= 4 is 40.3 Å². The van der Waals surface area contributed by atoms with Gasteiger partial charge >= 0.3 is 0 Å². The number of aromatic nitrogens is 1. The molecular formula is C18H14ClN3O2. The molecule has 1 amide bonds. The molecule has 24 heavy (non-hydrogen) atoms. The van der Waals surface area contributed by atoms with Crippen LogP contribution >= 0.6 is 11.6 Å². The molecule has 0 saturated heterocycles. The van der Waals surface area contributed by atoms with Crippen LogP contribution in [-0.4, -0.2) is 17.1 Å². The summed E-state index contributed by atoms with van der Waals surface area (Å²) in [5, 5.41) is 7.80. The normalized spacial score (nSPS) is 10.9. The summed E-state index contributed by atoms with van der Waals surface area (Å²) in [6.07, 6.45) is 2.80. The summed E-state index contributed by atoms with van der Waals surface area (Å²) in [4.78, 5) is 21.3. The number of fused-ring (bicyclic) bond motifs is 1. The summed E-state index contributed by atoms with van der Waals surface area (Å²) >= 11 is 5.97. The Morgan fingerprint density at radius 2 is 2.00 bits per heavy atom. The Hall–Kier alpha value is -2.92. The molecule has 0 fully saturated rings. The molecule has 1 aromatic heterocycles. The maximum Gasteiger partial charge on any atom is 0.270 e. The van der Waals surface area contributed by atoms with E-state index < -0.39 is 5.91 Å². The van der Waals surface area contributed by atoms with Crippen LogP contribution in [0.3, 0.4) is 0 Å². The number of benzene rings is 2. The molecule has 0 aliphatic rings. The first-order valence-corrected chi connectivity index (χ1v) is 7.65. The van der Waals surface area contributed by atoms with Crippen molar-refractivity contribution in [1.29, 1.82) is 0 Å². The van der Waals surface area contributed by atoms with E-state index in [1.807, 2.05) is 30.3 Å². The Bertz CT molecular complexity index is 891. The molecule has 3 aromatic rings. The topological polar surface area (TPSA) is 63.6 Å². The van der Waals surface area contributed by atoms with Gasteiger partial charge < -0.3 is 10.2 Å². The Morgan fingerprint density at radius 3 is 2.88 bits per heavy atom. The summed E-state index contributed by atoms with van der Waals surface area (Å²) in [5.74, 6) is -0.417. The third-order valence-electron chi connectivity index (χ3n) is 3.31. The Morgan fingerprint density at radius 1 is 1.17 bits per heavy atom. The van der Waals surface area contributed by atoms with Gasteiger partial charge in [-0.1, -0.05) is 53.2 Å². The number of oxime groups is 1. The fraction of sp³-hybridized carbons (Fsp3) is 0.0556. The number of rotatable bonds is 5. The van der Waals surface area contributed by atoms with Gasteiger partial charge in [0.05, 0.1) is 16.2 Å². The monoisotopic (exact) mass is 339 g/mol. The first-order chi connectivity index (χ1) is 11.7. The van der Waals surface area contributed by atoms with Gasteiger partial charge in [-0.15, -0.1) is 0 Å². The van der Waals surface area contributed by atoms with Crippen LogP contribution in [0.25, 0.3) is 10.9 Å². The summed E-state index contributed by atoms with van der Waals surface area (Å²) in [7, 11) is 0. The first-order valence-electron chi connectivity index (χ1n) is 7.27. The number of carbonyl (C=O) groups is 1. The molecular weight excluding hydrogens is 326 g/mol. The maximum atomic E-state index is 11.8. The van der Waals surface area contributed by atoms with E-state index in [0.717, 1.165) is 22.7 Å². The van der Waals surface area contributed by atoms with Crippen LogP contribution in [0.4, 0.5) is 5.69 Å². The summed E-state index contributed by atoms with van der Waals surface area (Å²) in [6, 6.07) is 16.6. The van der Waals surface area contributed by atoms with Gasteiger partial charge in [-0.05, 0) is 18.2 Å². The number of pyridine rings is 1. The highest BCUT2D eigenvalue weighted by molar-refractivity contribution is 6.36. The van der Waals surface area contributed by atoms with Gasteiger partial charge in [0.1, 0.15) is 12.8 Å². The van der Waals surface area contributed by atoms with Crippen molar-refractivity contribution in [1.82, 2.24) is 4.98 Å². The minimum atomic E-state index is -0.417. The molecule has 120 valence electrons. The standard InChI is InChI=1S/C18H14ClN3O2/c19-15-8-1-2-9-16(15)22-17(23)11-21-24-12-14-6-3-5-13-7-4-10-20-18(13)14/h1-11H,12H2,(H,22,23)/b21-11+. The van der Waals surface area contributed by atoms with E-state index in [1.165, 1.54) is 0 Å². The third-order valence-corrected chi connectivity index (χ3v) is 3.64. The van der Waals surface area contributed by atoms with Crippen molar-refractivity contribution in [3.05, 3.63) is 71.4 Å². The molecule has 5 nitrogen and oxygen atoms in total. The Kier molecular flexibility index (Phi) is 5.03. The van der Waals surface area contributed by atoms with Crippen LogP contribution in [0, 0.1) is 0 Å². The molecule has 0 bridgehead atoms. The predicted octanol–water partition coefficient (Wildman–Crippen LogP) is 4.03. The van der Waals surface area contributed by atoms with Crippen LogP contribution < -0.4 is 5.32 Å².